The molecule has 0 atom stereocenters. The van der Waals surface area contributed by atoms with Crippen LogP contribution in [0.2, 0.25) is 0 Å². The molecule has 1 saturated heterocycles. The van der Waals surface area contributed by atoms with Gasteiger partial charge in [0.05, 0.1) is 38.2 Å². The molecule has 4 rings (SSSR count). The Kier molecular flexibility index (Phi) is 5.11. The summed E-state index contributed by atoms with van der Waals surface area (Å²) < 4.78 is 38.9. The van der Waals surface area contributed by atoms with Gasteiger partial charge in [-0.15, -0.1) is 0 Å². The molecule has 2 aliphatic rings. The normalized spacial score (nSPS) is 18.4. The largest absolute Gasteiger partial charge is 0.468 e. The van der Waals surface area contributed by atoms with Gasteiger partial charge in [0.15, 0.2) is 5.69 Å². The van der Waals surface area contributed by atoms with Crippen LogP contribution in [0.1, 0.15) is 16.2 Å². The number of amides is 1. The van der Waals surface area contributed by atoms with Gasteiger partial charge in [-0.05, 0) is 12.1 Å². The number of aromatic nitrogens is 2. The molecule has 1 amide bonds. The van der Waals surface area contributed by atoms with Gasteiger partial charge in [0.1, 0.15) is 17.8 Å². The highest BCUT2D eigenvalue weighted by atomic mass is 32.2. The van der Waals surface area contributed by atoms with Crippen molar-refractivity contribution in [2.45, 2.75) is 11.4 Å². The first-order chi connectivity index (χ1) is 13.9. The van der Waals surface area contributed by atoms with Crippen molar-refractivity contribution in [3.8, 4) is 5.69 Å². The molecule has 11 heteroatoms. The number of nitrogens with zero attached hydrogens (tertiary/aromatic N) is 4. The quantitative estimate of drug-likeness (QED) is 0.644. The Morgan fingerprint density at radius 1 is 1.21 bits per heavy atom. The van der Waals surface area contributed by atoms with E-state index in [9.17, 15) is 18.0 Å². The van der Waals surface area contributed by atoms with Crippen LogP contribution in [-0.4, -0.2) is 79.0 Å². The summed E-state index contributed by atoms with van der Waals surface area (Å²) in [7, 11) is -2.80. The molecule has 10 nitrogen and oxygen atoms in total. The van der Waals surface area contributed by atoms with Gasteiger partial charge in [0.25, 0.3) is 5.91 Å². The van der Waals surface area contributed by atoms with Crippen LogP contribution < -0.4 is 0 Å². The number of imidazole rings is 1. The van der Waals surface area contributed by atoms with Crippen LogP contribution in [0.5, 0.6) is 0 Å². The van der Waals surface area contributed by atoms with Crippen LogP contribution in [0.3, 0.4) is 0 Å². The van der Waals surface area contributed by atoms with E-state index >= 15 is 0 Å². The molecule has 1 fully saturated rings. The fourth-order valence-electron chi connectivity index (χ4n) is 3.44. The topological polar surface area (TPSA) is 111 Å². The predicted molar refractivity (Wildman–Crippen MR) is 99.9 cm³/mol. The second-order valence-corrected chi connectivity index (χ2v) is 8.54. The first-order valence-corrected chi connectivity index (χ1v) is 10.5. The molecular formula is C18H20N4O6S. The van der Waals surface area contributed by atoms with E-state index < -0.39 is 22.5 Å². The van der Waals surface area contributed by atoms with Crippen LogP contribution in [0.25, 0.3) is 5.69 Å². The number of ether oxygens (including phenoxy) is 2. The summed E-state index contributed by atoms with van der Waals surface area (Å²) in [5.74, 6) is -0.989. The molecule has 29 heavy (non-hydrogen) atoms. The monoisotopic (exact) mass is 420 g/mol. The molecule has 0 saturated carbocycles. The van der Waals surface area contributed by atoms with E-state index in [-0.39, 0.29) is 23.0 Å². The number of methoxy groups -OCH3 is 1. The van der Waals surface area contributed by atoms with E-state index in [0.29, 0.717) is 37.7 Å². The molecular weight excluding hydrogens is 400 g/mol. The number of carbonyl (C=O) groups excluding carboxylic acids is 2. The molecule has 0 spiro atoms. The number of benzene rings is 1. The second kappa shape index (κ2) is 7.58. The van der Waals surface area contributed by atoms with Crippen molar-refractivity contribution >= 4 is 21.9 Å². The van der Waals surface area contributed by atoms with Crippen molar-refractivity contribution in [3.63, 3.8) is 0 Å². The summed E-state index contributed by atoms with van der Waals surface area (Å²) in [6.07, 6.45) is 1.44. The van der Waals surface area contributed by atoms with E-state index in [0.717, 1.165) is 4.31 Å². The summed E-state index contributed by atoms with van der Waals surface area (Å²) in [5.41, 5.74) is 0.941. The van der Waals surface area contributed by atoms with Crippen molar-refractivity contribution in [3.05, 3.63) is 42.0 Å². The highest BCUT2D eigenvalue weighted by Gasteiger charge is 2.36. The van der Waals surface area contributed by atoms with Crippen LogP contribution in [0.4, 0.5) is 0 Å². The van der Waals surface area contributed by atoms with E-state index in [4.69, 9.17) is 4.74 Å². The van der Waals surface area contributed by atoms with Gasteiger partial charge in [0.2, 0.25) is 10.0 Å². The van der Waals surface area contributed by atoms with Crippen molar-refractivity contribution in [1.82, 2.24) is 18.8 Å². The third-order valence-electron chi connectivity index (χ3n) is 4.97. The molecule has 0 N–H and O–H groups in total. The van der Waals surface area contributed by atoms with Gasteiger partial charge in [0, 0.05) is 13.1 Å². The molecule has 154 valence electrons. The SMILES string of the molecule is COC(=O)CN1Cc2c(C(=O)N3CCOCC3)ncn2-c2ccccc2S1(=O)=O. The maximum Gasteiger partial charge on any atom is 0.321 e. The number of morpholine rings is 1. The number of hydrogen-bond donors (Lipinski definition) is 0. The van der Waals surface area contributed by atoms with Crippen molar-refractivity contribution in [2.75, 3.05) is 40.0 Å². The fraction of sp³-hybridized carbons (Fsp3) is 0.389. The summed E-state index contributed by atoms with van der Waals surface area (Å²) in [5, 5.41) is 0. The zero-order valence-corrected chi connectivity index (χ0v) is 16.6. The van der Waals surface area contributed by atoms with Gasteiger partial charge < -0.3 is 14.4 Å². The van der Waals surface area contributed by atoms with E-state index in [2.05, 4.69) is 9.72 Å². The Morgan fingerprint density at radius 2 is 1.93 bits per heavy atom. The summed E-state index contributed by atoms with van der Waals surface area (Å²) in [6.45, 7) is 1.10. The van der Waals surface area contributed by atoms with Crippen LogP contribution >= 0.6 is 0 Å². The Bertz CT molecular complexity index is 1060. The standard InChI is InChI=1S/C18H20N4O6S/c1-27-16(23)11-21-10-14-17(18(24)20-6-8-28-9-7-20)19-12-22(14)13-4-2-3-5-15(13)29(21,25)26/h2-5,12H,6-11H2,1H3. The van der Waals surface area contributed by atoms with Gasteiger partial charge in [-0.25, -0.2) is 13.4 Å². The fourth-order valence-corrected chi connectivity index (χ4v) is 4.97. The highest BCUT2D eigenvalue weighted by molar-refractivity contribution is 7.89. The lowest BCUT2D eigenvalue weighted by Gasteiger charge is -2.26. The van der Waals surface area contributed by atoms with Gasteiger partial charge in [-0.3, -0.25) is 14.2 Å². The smallest absolute Gasteiger partial charge is 0.321 e. The Hall–Kier alpha value is -2.76. The molecule has 3 heterocycles. The number of fused-ring (bicyclic) bond motifs is 3. The first kappa shape index (κ1) is 19.6. The lowest BCUT2D eigenvalue weighted by molar-refractivity contribution is -0.140. The third kappa shape index (κ3) is 3.41. The van der Waals surface area contributed by atoms with E-state index in [1.807, 2.05) is 0 Å². The maximum atomic E-state index is 13.2. The molecule has 1 aromatic carbocycles. The van der Waals surface area contributed by atoms with E-state index in [1.165, 1.54) is 19.5 Å². The minimum Gasteiger partial charge on any atom is -0.468 e. The second-order valence-electron chi connectivity index (χ2n) is 6.63. The van der Waals surface area contributed by atoms with Crippen LogP contribution in [0, 0.1) is 0 Å². The molecule has 0 unspecified atom stereocenters. The molecule has 0 bridgehead atoms. The maximum absolute atomic E-state index is 13.2. The van der Waals surface area contributed by atoms with Crippen LogP contribution in [-0.2, 0) is 30.8 Å². The minimum atomic E-state index is -3.99. The Labute approximate surface area is 167 Å². The zero-order valence-electron chi connectivity index (χ0n) is 15.8. The van der Waals surface area contributed by atoms with E-state index in [1.54, 1.807) is 27.7 Å². The van der Waals surface area contributed by atoms with Gasteiger partial charge in [-0.1, -0.05) is 12.1 Å². The molecule has 2 aromatic rings. The van der Waals surface area contributed by atoms with Gasteiger partial charge in [-0.2, -0.15) is 4.31 Å². The molecule has 1 aromatic heterocycles. The number of para-hydroxylation sites is 1. The van der Waals surface area contributed by atoms with Crippen molar-refractivity contribution < 1.29 is 27.5 Å². The number of rotatable bonds is 3. The molecule has 0 radical (unpaired) electrons. The highest BCUT2D eigenvalue weighted by Crippen LogP contribution is 2.31. The zero-order chi connectivity index (χ0) is 20.6. The first-order valence-electron chi connectivity index (χ1n) is 9.03. The van der Waals surface area contributed by atoms with Crippen molar-refractivity contribution in [2.24, 2.45) is 0 Å². The summed E-state index contributed by atoms with van der Waals surface area (Å²) in [4.78, 5) is 30.9. The lowest BCUT2D eigenvalue weighted by Crippen LogP contribution is -2.41. The average molecular weight is 420 g/mol. The van der Waals surface area contributed by atoms with Gasteiger partial charge >= 0.3 is 5.97 Å². The number of sulfonamides is 1. The lowest BCUT2D eigenvalue weighted by atomic mass is 10.2. The summed E-state index contributed by atoms with van der Waals surface area (Å²) >= 11 is 0. The third-order valence-corrected chi connectivity index (χ3v) is 6.81. The summed E-state index contributed by atoms with van der Waals surface area (Å²) in [6, 6.07) is 6.42. The number of carbonyl (C=O) groups is 2. The van der Waals surface area contributed by atoms with Crippen molar-refractivity contribution in [1.29, 1.82) is 0 Å². The van der Waals surface area contributed by atoms with Crippen LogP contribution in [0.15, 0.2) is 35.5 Å². The minimum absolute atomic E-state index is 0.0328. The Balaban J connectivity index is 1.83. The average Bonchev–Trinajstić information content (AvgIpc) is 3.13. The Morgan fingerprint density at radius 3 is 2.66 bits per heavy atom. The molecule has 0 aliphatic carbocycles. The number of esters is 1. The molecule has 2 aliphatic heterocycles. The number of hydrogen-bond acceptors (Lipinski definition) is 7. The predicted octanol–water partition coefficient (Wildman–Crippen LogP) is 0.0220.